The number of hydrogen-bond acceptors (Lipinski definition) is 2. The number of carbonyl (C=O) groups is 1. The first kappa shape index (κ1) is 15.9. The Morgan fingerprint density at radius 1 is 1.43 bits per heavy atom. The molecule has 0 amide bonds. The standard InChI is InChI=1S/C9H17NO2.CH3Cl/c1-5-10(6-2)8(4)7(3)9(11)12;1-2/h8H,3,5-6H2,1-2,4H3,(H,11,12);1H3. The van der Waals surface area contributed by atoms with Crippen LogP contribution in [0.5, 0.6) is 0 Å². The Morgan fingerprint density at radius 3 is 2.00 bits per heavy atom. The average Bonchev–Trinajstić information content (AvgIpc) is 2.21. The Bertz CT molecular complexity index is 179. The molecule has 14 heavy (non-hydrogen) atoms. The average molecular weight is 222 g/mol. The zero-order chi connectivity index (χ0) is 11.7. The molecule has 1 unspecified atom stereocenters. The number of halogens is 1. The van der Waals surface area contributed by atoms with E-state index in [4.69, 9.17) is 5.11 Å². The largest absolute Gasteiger partial charge is 0.478 e. The molecule has 3 nitrogen and oxygen atoms in total. The summed E-state index contributed by atoms with van der Waals surface area (Å²) in [5, 5.41) is 8.67. The lowest BCUT2D eigenvalue weighted by atomic mass is 10.1. The van der Waals surface area contributed by atoms with Gasteiger partial charge in [-0.25, -0.2) is 4.79 Å². The summed E-state index contributed by atoms with van der Waals surface area (Å²) >= 11 is 4.64. The van der Waals surface area contributed by atoms with Crippen molar-refractivity contribution >= 4 is 17.6 Å². The number of nitrogens with zero attached hydrogens (tertiary/aromatic N) is 1. The van der Waals surface area contributed by atoms with Crippen molar-refractivity contribution in [2.24, 2.45) is 0 Å². The Hall–Kier alpha value is -0.540. The highest BCUT2D eigenvalue weighted by Gasteiger charge is 2.17. The van der Waals surface area contributed by atoms with Crippen LogP contribution in [0, 0.1) is 0 Å². The van der Waals surface area contributed by atoms with E-state index < -0.39 is 5.97 Å². The maximum atomic E-state index is 10.6. The first-order valence-electron chi connectivity index (χ1n) is 4.58. The summed E-state index contributed by atoms with van der Waals surface area (Å²) in [5.41, 5.74) is 0.263. The Morgan fingerprint density at radius 2 is 1.79 bits per heavy atom. The van der Waals surface area contributed by atoms with Crippen LogP contribution in [0.25, 0.3) is 0 Å². The zero-order valence-corrected chi connectivity index (χ0v) is 10.1. The van der Waals surface area contributed by atoms with Gasteiger partial charge in [0.2, 0.25) is 0 Å². The molecule has 1 N–H and O–H groups in total. The molecule has 0 saturated carbocycles. The molecule has 0 fully saturated rings. The molecule has 0 spiro atoms. The minimum atomic E-state index is -0.908. The summed E-state index contributed by atoms with van der Waals surface area (Å²) < 4.78 is 0. The summed E-state index contributed by atoms with van der Waals surface area (Å²) in [6.07, 6.45) is 1.47. The first-order valence-corrected chi connectivity index (χ1v) is 5.34. The first-order chi connectivity index (χ1) is 6.54. The van der Waals surface area contributed by atoms with E-state index >= 15 is 0 Å². The molecule has 0 heterocycles. The fourth-order valence-corrected chi connectivity index (χ4v) is 1.17. The minimum Gasteiger partial charge on any atom is -0.478 e. The van der Waals surface area contributed by atoms with Crippen molar-refractivity contribution in [1.29, 1.82) is 0 Å². The van der Waals surface area contributed by atoms with Gasteiger partial charge >= 0.3 is 5.97 Å². The molecule has 0 aliphatic carbocycles. The van der Waals surface area contributed by atoms with Crippen molar-refractivity contribution in [3.63, 3.8) is 0 Å². The zero-order valence-electron chi connectivity index (χ0n) is 9.38. The minimum absolute atomic E-state index is 0.0718. The SMILES string of the molecule is C=C(C(=O)O)C(C)N(CC)CC.CCl. The van der Waals surface area contributed by atoms with Gasteiger partial charge in [-0.3, -0.25) is 4.90 Å². The van der Waals surface area contributed by atoms with Gasteiger partial charge in [0.1, 0.15) is 0 Å². The van der Waals surface area contributed by atoms with Gasteiger partial charge in [-0.2, -0.15) is 0 Å². The molecule has 84 valence electrons. The van der Waals surface area contributed by atoms with E-state index in [1.54, 1.807) is 0 Å². The molecule has 0 radical (unpaired) electrons. The van der Waals surface area contributed by atoms with E-state index in [9.17, 15) is 4.79 Å². The molecular formula is C10H20ClNO2. The van der Waals surface area contributed by atoms with Gasteiger partial charge < -0.3 is 5.11 Å². The highest BCUT2D eigenvalue weighted by atomic mass is 35.5. The molecule has 0 aromatic heterocycles. The molecular weight excluding hydrogens is 202 g/mol. The quantitative estimate of drug-likeness (QED) is 0.572. The van der Waals surface area contributed by atoms with Gasteiger partial charge in [-0.15, -0.1) is 11.6 Å². The van der Waals surface area contributed by atoms with E-state index in [1.165, 1.54) is 6.38 Å². The molecule has 0 aliphatic rings. The predicted octanol–water partition coefficient (Wildman–Crippen LogP) is 2.21. The summed E-state index contributed by atoms with van der Waals surface area (Å²) in [4.78, 5) is 12.6. The summed E-state index contributed by atoms with van der Waals surface area (Å²) in [6, 6.07) is -0.0718. The van der Waals surface area contributed by atoms with E-state index in [0.29, 0.717) is 0 Å². The van der Waals surface area contributed by atoms with Crippen LogP contribution in [0.4, 0.5) is 0 Å². The van der Waals surface area contributed by atoms with E-state index in [2.05, 4.69) is 23.1 Å². The number of alkyl halides is 1. The van der Waals surface area contributed by atoms with Crippen LogP contribution in [-0.2, 0) is 4.79 Å². The maximum Gasteiger partial charge on any atom is 0.332 e. The lowest BCUT2D eigenvalue weighted by Crippen LogP contribution is -2.35. The van der Waals surface area contributed by atoms with Crippen LogP contribution in [0.15, 0.2) is 12.2 Å². The Kier molecular flexibility index (Phi) is 10.3. The van der Waals surface area contributed by atoms with E-state index in [0.717, 1.165) is 13.1 Å². The number of hydrogen-bond donors (Lipinski definition) is 1. The van der Waals surface area contributed by atoms with Crippen molar-refractivity contribution in [3.8, 4) is 0 Å². The molecule has 0 saturated heterocycles. The predicted molar refractivity (Wildman–Crippen MR) is 60.9 cm³/mol. The van der Waals surface area contributed by atoms with Crippen molar-refractivity contribution in [2.75, 3.05) is 19.5 Å². The second-order valence-electron chi connectivity index (χ2n) is 2.73. The second kappa shape index (κ2) is 9.03. The van der Waals surface area contributed by atoms with E-state index in [-0.39, 0.29) is 11.6 Å². The lowest BCUT2D eigenvalue weighted by molar-refractivity contribution is -0.133. The molecule has 0 aromatic rings. The third kappa shape index (κ3) is 5.25. The summed E-state index contributed by atoms with van der Waals surface area (Å²) in [5.74, 6) is -0.908. The molecule has 0 aliphatic heterocycles. The van der Waals surface area contributed by atoms with Crippen LogP contribution in [0.2, 0.25) is 0 Å². The lowest BCUT2D eigenvalue weighted by Gasteiger charge is -2.26. The second-order valence-corrected chi connectivity index (χ2v) is 2.73. The number of carboxylic acid groups (broad SMARTS) is 1. The van der Waals surface area contributed by atoms with Gasteiger partial charge in [0.15, 0.2) is 0 Å². The van der Waals surface area contributed by atoms with Crippen LogP contribution in [-0.4, -0.2) is 41.5 Å². The van der Waals surface area contributed by atoms with Crippen LogP contribution >= 0.6 is 11.6 Å². The molecule has 0 rings (SSSR count). The van der Waals surface area contributed by atoms with Crippen LogP contribution in [0.1, 0.15) is 20.8 Å². The highest BCUT2D eigenvalue weighted by Crippen LogP contribution is 2.07. The van der Waals surface area contributed by atoms with Gasteiger partial charge in [-0.05, 0) is 20.0 Å². The Labute approximate surface area is 91.4 Å². The third-order valence-electron chi connectivity index (χ3n) is 2.14. The van der Waals surface area contributed by atoms with Crippen molar-refractivity contribution < 1.29 is 9.90 Å². The van der Waals surface area contributed by atoms with Crippen molar-refractivity contribution in [2.45, 2.75) is 26.8 Å². The molecule has 0 aromatic carbocycles. The normalized spacial score (nSPS) is 11.6. The van der Waals surface area contributed by atoms with Crippen LogP contribution < -0.4 is 0 Å². The van der Waals surface area contributed by atoms with Crippen LogP contribution in [0.3, 0.4) is 0 Å². The molecule has 1 atom stereocenters. The maximum absolute atomic E-state index is 10.6. The number of likely N-dealkylation sites (N-methyl/N-ethyl adjacent to an activating group) is 1. The highest BCUT2D eigenvalue weighted by molar-refractivity contribution is 6.15. The topological polar surface area (TPSA) is 40.5 Å². The molecule has 0 bridgehead atoms. The fourth-order valence-electron chi connectivity index (χ4n) is 1.17. The number of carboxylic acids is 1. The van der Waals surface area contributed by atoms with Gasteiger partial charge in [-0.1, -0.05) is 20.4 Å². The third-order valence-corrected chi connectivity index (χ3v) is 2.14. The fraction of sp³-hybridized carbons (Fsp3) is 0.700. The Balaban J connectivity index is 0. The van der Waals surface area contributed by atoms with Gasteiger partial charge in [0.05, 0.1) is 0 Å². The summed E-state index contributed by atoms with van der Waals surface area (Å²) in [6.45, 7) is 11.1. The van der Waals surface area contributed by atoms with Gasteiger partial charge in [0.25, 0.3) is 0 Å². The van der Waals surface area contributed by atoms with E-state index in [1.807, 2.05) is 20.8 Å². The monoisotopic (exact) mass is 221 g/mol. The van der Waals surface area contributed by atoms with Crippen molar-refractivity contribution in [1.82, 2.24) is 4.90 Å². The van der Waals surface area contributed by atoms with Gasteiger partial charge in [0, 0.05) is 18.0 Å². The molecule has 4 heteroatoms. The number of rotatable bonds is 5. The number of aliphatic carboxylic acids is 1. The smallest absolute Gasteiger partial charge is 0.332 e. The summed E-state index contributed by atoms with van der Waals surface area (Å²) in [7, 11) is 0. The van der Waals surface area contributed by atoms with Crippen molar-refractivity contribution in [3.05, 3.63) is 12.2 Å².